The molecule has 3 heteroatoms. The fourth-order valence-corrected chi connectivity index (χ4v) is 8.83. The van der Waals surface area contributed by atoms with Gasteiger partial charge in [0.1, 0.15) is 11.2 Å². The molecule has 0 saturated carbocycles. The molecule has 0 atom stereocenters. The highest BCUT2D eigenvalue weighted by Crippen LogP contribution is 2.42. The fourth-order valence-electron chi connectivity index (χ4n) is 8.83. The van der Waals surface area contributed by atoms with Gasteiger partial charge in [0.2, 0.25) is 0 Å². The summed E-state index contributed by atoms with van der Waals surface area (Å²) < 4.78 is 11.3. The molecule has 3 aromatic heterocycles. The van der Waals surface area contributed by atoms with E-state index in [0.29, 0.717) is 0 Å². The fraction of sp³-hybridized carbons (Fsp3) is 0. The molecule has 0 bridgehead atoms. The lowest BCUT2D eigenvalue weighted by atomic mass is 10.0. The SMILES string of the molecule is c1ccc2cc(-n3c4ccccc4c4cc(-c5ccc6c(c5)c5cc7oc8ccccc8c7cc5n6-c5cccc6ccccc56)ccc43)ccc2c1. The van der Waals surface area contributed by atoms with Crippen LogP contribution in [-0.2, 0) is 0 Å². The Bertz CT molecular complexity index is 3460. The van der Waals surface area contributed by atoms with Gasteiger partial charge in [-0.1, -0.05) is 115 Å². The topological polar surface area (TPSA) is 23.0 Å². The second kappa shape index (κ2) is 10.7. The highest BCUT2D eigenvalue weighted by Gasteiger charge is 2.19. The quantitative estimate of drug-likeness (QED) is 0.183. The van der Waals surface area contributed by atoms with Crippen LogP contribution < -0.4 is 0 Å². The van der Waals surface area contributed by atoms with Gasteiger partial charge in [0.05, 0.1) is 27.8 Å². The van der Waals surface area contributed by atoms with E-state index in [1.165, 1.54) is 87.7 Å². The molecule has 12 rings (SSSR count). The van der Waals surface area contributed by atoms with E-state index in [9.17, 15) is 0 Å². The van der Waals surface area contributed by atoms with Crippen LogP contribution >= 0.6 is 0 Å². The molecule has 246 valence electrons. The minimum atomic E-state index is 0.906. The summed E-state index contributed by atoms with van der Waals surface area (Å²) >= 11 is 0. The van der Waals surface area contributed by atoms with Crippen molar-refractivity contribution >= 4 is 87.1 Å². The van der Waals surface area contributed by atoms with Gasteiger partial charge >= 0.3 is 0 Å². The van der Waals surface area contributed by atoms with Crippen molar-refractivity contribution in [1.82, 2.24) is 9.13 Å². The molecule has 0 unspecified atom stereocenters. The number of hydrogen-bond donors (Lipinski definition) is 0. The molecule has 9 aromatic carbocycles. The molecule has 3 nitrogen and oxygen atoms in total. The maximum absolute atomic E-state index is 6.45. The molecule has 3 heterocycles. The Balaban J connectivity index is 1.11. The van der Waals surface area contributed by atoms with E-state index in [4.69, 9.17) is 4.42 Å². The van der Waals surface area contributed by atoms with Gasteiger partial charge in [-0.2, -0.15) is 0 Å². The smallest absolute Gasteiger partial charge is 0.136 e. The van der Waals surface area contributed by atoms with Crippen LogP contribution in [0.15, 0.2) is 186 Å². The summed E-state index contributed by atoms with van der Waals surface area (Å²) in [6, 6.07) is 66.2. The Labute approximate surface area is 304 Å². The first kappa shape index (κ1) is 28.6. The van der Waals surface area contributed by atoms with E-state index in [0.717, 1.165) is 21.9 Å². The number of nitrogens with zero attached hydrogens (tertiary/aromatic N) is 2. The molecule has 53 heavy (non-hydrogen) atoms. The zero-order chi connectivity index (χ0) is 34.6. The summed E-state index contributed by atoms with van der Waals surface area (Å²) in [6.45, 7) is 0. The lowest BCUT2D eigenvalue weighted by molar-refractivity contribution is 0.669. The third-order valence-electron chi connectivity index (χ3n) is 11.3. The number of furan rings is 1. The molecule has 0 aliphatic carbocycles. The van der Waals surface area contributed by atoms with Gasteiger partial charge in [0, 0.05) is 43.4 Å². The molecule has 0 amide bonds. The third-order valence-corrected chi connectivity index (χ3v) is 11.3. The van der Waals surface area contributed by atoms with Crippen LogP contribution in [0.5, 0.6) is 0 Å². The minimum absolute atomic E-state index is 0.906. The van der Waals surface area contributed by atoms with Crippen LogP contribution in [0.2, 0.25) is 0 Å². The van der Waals surface area contributed by atoms with Gasteiger partial charge in [-0.3, -0.25) is 0 Å². The van der Waals surface area contributed by atoms with Crippen molar-refractivity contribution in [3.63, 3.8) is 0 Å². The normalized spacial score (nSPS) is 12.2. The molecule has 0 spiro atoms. The summed E-state index contributed by atoms with van der Waals surface area (Å²) in [7, 11) is 0. The molecule has 0 saturated heterocycles. The predicted octanol–water partition coefficient (Wildman–Crippen LogP) is 13.8. The van der Waals surface area contributed by atoms with E-state index in [1.54, 1.807) is 0 Å². The van der Waals surface area contributed by atoms with E-state index in [-0.39, 0.29) is 0 Å². The average Bonchev–Trinajstić information content (AvgIpc) is 3.86. The van der Waals surface area contributed by atoms with E-state index in [2.05, 4.69) is 185 Å². The number of rotatable bonds is 3. The number of para-hydroxylation sites is 2. The lowest BCUT2D eigenvalue weighted by Crippen LogP contribution is -1.95. The van der Waals surface area contributed by atoms with Crippen LogP contribution in [-0.4, -0.2) is 9.13 Å². The maximum Gasteiger partial charge on any atom is 0.136 e. The second-order valence-corrected chi connectivity index (χ2v) is 14.1. The van der Waals surface area contributed by atoms with Crippen LogP contribution in [0.3, 0.4) is 0 Å². The monoisotopic (exact) mass is 674 g/mol. The van der Waals surface area contributed by atoms with Crippen molar-refractivity contribution in [2.45, 2.75) is 0 Å². The first-order chi connectivity index (χ1) is 26.3. The second-order valence-electron chi connectivity index (χ2n) is 14.1. The number of fused-ring (bicyclic) bond motifs is 11. The van der Waals surface area contributed by atoms with Crippen molar-refractivity contribution in [1.29, 1.82) is 0 Å². The molecule has 0 fully saturated rings. The molecule has 0 aliphatic rings. The van der Waals surface area contributed by atoms with Gasteiger partial charge in [-0.15, -0.1) is 0 Å². The van der Waals surface area contributed by atoms with Crippen LogP contribution in [0.1, 0.15) is 0 Å². The Kier molecular flexibility index (Phi) is 5.77. The molecule has 12 aromatic rings. The van der Waals surface area contributed by atoms with Crippen molar-refractivity contribution in [2.75, 3.05) is 0 Å². The zero-order valence-electron chi connectivity index (χ0n) is 28.6. The summed E-state index contributed by atoms with van der Waals surface area (Å²) in [5.41, 5.74) is 11.3. The highest BCUT2D eigenvalue weighted by molar-refractivity contribution is 6.18. The maximum atomic E-state index is 6.45. The van der Waals surface area contributed by atoms with Gasteiger partial charge < -0.3 is 13.6 Å². The first-order valence-electron chi connectivity index (χ1n) is 18.2. The minimum Gasteiger partial charge on any atom is -0.456 e. The van der Waals surface area contributed by atoms with Crippen molar-refractivity contribution in [3.8, 4) is 22.5 Å². The summed E-state index contributed by atoms with van der Waals surface area (Å²) in [5, 5.41) is 12.1. The van der Waals surface area contributed by atoms with Gasteiger partial charge in [0.15, 0.2) is 0 Å². The number of hydrogen-bond acceptors (Lipinski definition) is 1. The molecule has 0 radical (unpaired) electrons. The van der Waals surface area contributed by atoms with Crippen LogP contribution in [0.25, 0.3) is 110 Å². The van der Waals surface area contributed by atoms with Gasteiger partial charge in [-0.25, -0.2) is 0 Å². The average molecular weight is 675 g/mol. The van der Waals surface area contributed by atoms with E-state index in [1.807, 2.05) is 6.07 Å². The van der Waals surface area contributed by atoms with Gasteiger partial charge in [0.25, 0.3) is 0 Å². The molecular formula is C50H30N2O. The van der Waals surface area contributed by atoms with Gasteiger partial charge in [-0.05, 0) is 94.0 Å². The predicted molar refractivity (Wildman–Crippen MR) is 223 cm³/mol. The molecular weight excluding hydrogens is 645 g/mol. The zero-order valence-corrected chi connectivity index (χ0v) is 28.6. The third kappa shape index (κ3) is 4.10. The summed E-state index contributed by atoms with van der Waals surface area (Å²) in [4.78, 5) is 0. The largest absolute Gasteiger partial charge is 0.456 e. The molecule has 0 aliphatic heterocycles. The van der Waals surface area contributed by atoms with Crippen LogP contribution in [0.4, 0.5) is 0 Å². The number of benzene rings is 9. The van der Waals surface area contributed by atoms with Crippen molar-refractivity contribution < 1.29 is 4.42 Å². The summed E-state index contributed by atoms with van der Waals surface area (Å²) in [5.74, 6) is 0. The highest BCUT2D eigenvalue weighted by atomic mass is 16.3. The van der Waals surface area contributed by atoms with Crippen molar-refractivity contribution in [3.05, 3.63) is 182 Å². The Morgan fingerprint density at radius 2 is 0.925 bits per heavy atom. The van der Waals surface area contributed by atoms with E-state index < -0.39 is 0 Å². The Morgan fingerprint density at radius 3 is 1.77 bits per heavy atom. The standard InChI is InChI=1S/C50H30N2O/c1-2-12-33-26-36(23-20-31(33)10-1)51-45-17-7-5-15-38(45)40-27-34(21-24-46(40)51)35-22-25-47-41(28-35)42-30-50-43(39-16-6-8-19-49(39)53-50)29-48(42)52(47)44-18-9-13-32-11-3-4-14-37(32)44/h1-30H. The number of aromatic nitrogens is 2. The summed E-state index contributed by atoms with van der Waals surface area (Å²) in [6.07, 6.45) is 0. The first-order valence-corrected chi connectivity index (χ1v) is 18.2. The van der Waals surface area contributed by atoms with E-state index >= 15 is 0 Å². The Morgan fingerprint density at radius 1 is 0.302 bits per heavy atom. The lowest BCUT2D eigenvalue weighted by Gasteiger charge is -2.12. The molecule has 0 N–H and O–H groups in total. The Hall–Kier alpha value is -7.10. The van der Waals surface area contributed by atoms with Crippen molar-refractivity contribution in [2.24, 2.45) is 0 Å². The van der Waals surface area contributed by atoms with Crippen LogP contribution in [0, 0.1) is 0 Å².